The van der Waals surface area contributed by atoms with Crippen LogP contribution >= 0.6 is 0 Å². The zero-order chi connectivity index (χ0) is 55.8. The third kappa shape index (κ3) is 14.6. The van der Waals surface area contributed by atoms with E-state index < -0.39 is 91.1 Å². The second-order valence-corrected chi connectivity index (χ2v) is 19.4. The van der Waals surface area contributed by atoms with Gasteiger partial charge in [0.1, 0.15) is 17.9 Å². The number of halogens is 8. The molecule has 2 fully saturated rings. The Morgan fingerprint density at radius 3 is 1.87 bits per heavy atom. The minimum atomic E-state index is -5.16. The molecule has 4 heterocycles. The van der Waals surface area contributed by atoms with Gasteiger partial charge < -0.3 is 40.5 Å². The number of hydrogen-bond acceptors (Lipinski definition) is 12. The van der Waals surface area contributed by atoms with Gasteiger partial charge in [-0.15, -0.1) is 0 Å². The van der Waals surface area contributed by atoms with Crippen LogP contribution in [0.2, 0.25) is 0 Å². The fraction of sp³-hybridized carbons (Fsp3) is 0.480. The van der Waals surface area contributed by atoms with Crippen LogP contribution in [0.5, 0.6) is 0 Å². The van der Waals surface area contributed by atoms with E-state index in [0.29, 0.717) is 60.7 Å². The van der Waals surface area contributed by atoms with Crippen molar-refractivity contribution >= 4 is 29.8 Å². The number of carboxylic acid groups (broad SMARTS) is 1. The van der Waals surface area contributed by atoms with Gasteiger partial charge in [0.25, 0.3) is 5.91 Å². The summed E-state index contributed by atoms with van der Waals surface area (Å²) in [6.45, 7) is 3.15. The van der Waals surface area contributed by atoms with E-state index in [4.69, 9.17) is 4.74 Å². The van der Waals surface area contributed by atoms with Crippen molar-refractivity contribution < 1.29 is 74.0 Å². The Morgan fingerprint density at radius 1 is 0.776 bits per heavy atom. The fourth-order valence-electron chi connectivity index (χ4n) is 8.18. The highest BCUT2D eigenvalue weighted by atomic mass is 19.4. The molecule has 2 saturated heterocycles. The van der Waals surface area contributed by atoms with Crippen molar-refractivity contribution in [2.75, 3.05) is 57.9 Å². The molecule has 4 aromatic rings. The van der Waals surface area contributed by atoms with Gasteiger partial charge in [0, 0.05) is 68.4 Å². The number of hydrazine groups is 1. The molecular weight excluding hydrogens is 1020 g/mol. The van der Waals surface area contributed by atoms with Crippen LogP contribution in [0.3, 0.4) is 0 Å². The Morgan fingerprint density at radius 2 is 1.36 bits per heavy atom. The van der Waals surface area contributed by atoms with Gasteiger partial charge in [0.05, 0.1) is 55.5 Å². The minimum absolute atomic E-state index is 0.277. The van der Waals surface area contributed by atoms with Gasteiger partial charge in [-0.2, -0.15) is 40.2 Å². The number of piperazine rings is 1. The highest BCUT2D eigenvalue weighted by Gasteiger charge is 2.57. The van der Waals surface area contributed by atoms with E-state index in [2.05, 4.69) is 47.2 Å². The number of carbonyl (C=O) groups excluding carboxylic acids is 3. The minimum Gasteiger partial charge on any atom is -0.465 e. The molecule has 2 aromatic heterocycles. The molecule has 412 valence electrons. The number of aliphatic hydroxyl groups is 1. The SMILES string of the molecule is COC(=O)NC(C(=O)NC(Cc1ccc(C#Cc2ccc(N3CCN(C4COC4)CC3)nc2)cc1)C(O)CN(Cc1ccc(-c2cnn(C(F)F)c2)cc1)NC(=O)C(NC(=O)O)C(C)(C)C(F)(F)F)C(C)(C)C(F)(F)F. The number of ether oxygens (including phenoxy) is 2. The number of benzene rings is 2. The van der Waals surface area contributed by atoms with Gasteiger partial charge in [-0.25, -0.2) is 24.3 Å². The fourth-order valence-corrected chi connectivity index (χ4v) is 8.18. The Labute approximate surface area is 432 Å². The largest absolute Gasteiger partial charge is 0.465 e. The van der Waals surface area contributed by atoms with E-state index in [1.54, 1.807) is 35.8 Å². The first kappa shape index (κ1) is 58.2. The third-order valence-corrected chi connectivity index (χ3v) is 13.4. The topological polar surface area (TPSA) is 216 Å². The molecule has 0 aliphatic carbocycles. The lowest BCUT2D eigenvalue weighted by atomic mass is 9.82. The summed E-state index contributed by atoms with van der Waals surface area (Å²) in [5, 5.41) is 31.9. The van der Waals surface area contributed by atoms with Crippen molar-refractivity contribution in [1.82, 2.24) is 46.0 Å². The van der Waals surface area contributed by atoms with Crippen molar-refractivity contribution in [3.05, 3.63) is 102 Å². The molecule has 4 unspecified atom stereocenters. The van der Waals surface area contributed by atoms with Crippen LogP contribution in [0.25, 0.3) is 11.1 Å². The van der Waals surface area contributed by atoms with Crippen LogP contribution in [0.15, 0.2) is 79.3 Å². The number of nitrogens with one attached hydrogen (secondary N) is 4. The molecule has 4 amide bonds. The van der Waals surface area contributed by atoms with E-state index in [0.717, 1.165) is 63.5 Å². The molecule has 0 bridgehead atoms. The first-order valence-electron chi connectivity index (χ1n) is 23.7. The van der Waals surface area contributed by atoms with Gasteiger partial charge in [-0.3, -0.25) is 19.9 Å². The van der Waals surface area contributed by atoms with Crippen LogP contribution in [-0.2, 0) is 32.0 Å². The predicted molar refractivity (Wildman–Crippen MR) is 258 cm³/mol. The molecule has 0 saturated carbocycles. The van der Waals surface area contributed by atoms with Crippen molar-refractivity contribution in [1.29, 1.82) is 0 Å². The summed E-state index contributed by atoms with van der Waals surface area (Å²) in [5.41, 5.74) is -1.32. The number of methoxy groups -OCH3 is 1. The van der Waals surface area contributed by atoms with Crippen molar-refractivity contribution in [2.24, 2.45) is 10.8 Å². The lowest BCUT2D eigenvalue weighted by molar-refractivity contribution is -0.221. The second kappa shape index (κ2) is 24.3. The highest BCUT2D eigenvalue weighted by Crippen LogP contribution is 2.42. The molecule has 2 aliphatic rings. The smallest absolute Gasteiger partial charge is 0.407 e. The monoisotopic (exact) mass is 1080 g/mol. The number of carbonyl (C=O) groups is 4. The molecule has 0 spiro atoms. The Bertz CT molecular complexity index is 2680. The van der Waals surface area contributed by atoms with E-state index >= 15 is 0 Å². The first-order chi connectivity index (χ1) is 35.7. The van der Waals surface area contributed by atoms with Crippen LogP contribution < -0.4 is 26.3 Å². The summed E-state index contributed by atoms with van der Waals surface area (Å²) in [5.74, 6) is 3.90. The zero-order valence-corrected chi connectivity index (χ0v) is 41.9. The number of amides is 4. The van der Waals surface area contributed by atoms with Crippen molar-refractivity contribution in [3.8, 4) is 23.0 Å². The van der Waals surface area contributed by atoms with Crippen molar-refractivity contribution in [3.63, 3.8) is 0 Å². The second-order valence-electron chi connectivity index (χ2n) is 19.4. The lowest BCUT2D eigenvalue weighted by Crippen LogP contribution is -2.63. The summed E-state index contributed by atoms with van der Waals surface area (Å²) in [4.78, 5) is 61.2. The number of alkyl carbamates (subject to hydrolysis) is 1. The summed E-state index contributed by atoms with van der Waals surface area (Å²) in [7, 11) is 0.859. The quantitative estimate of drug-likeness (QED) is 0.0377. The molecule has 4 atom stereocenters. The van der Waals surface area contributed by atoms with Crippen LogP contribution in [0.1, 0.15) is 56.5 Å². The third-order valence-electron chi connectivity index (χ3n) is 13.4. The Balaban J connectivity index is 1.28. The summed E-state index contributed by atoms with van der Waals surface area (Å²) in [6, 6.07) is 9.85. The Kier molecular flexibility index (Phi) is 18.6. The standard InChI is InChI=1S/C50H58F8N10O8/c1-47(2,49(53,54)55)40(63-46(74)75-5)42(70)61-37(22-31-9-6-30(7-10-31)8-11-32-14-17-39(59-23-32)66-20-18-65(19-21-66)36-28-76-29-36)38(69)27-67(64-43(71)41(62-45(72)73)48(3,4)50(56,57)58)25-33-12-15-34(16-13-33)35-24-60-68(26-35)44(51)52/h6-7,9-10,12-17,23-24,26,36-38,40-41,44,62,69H,18-22,25,27-29H2,1-5H3,(H,61,70)(H,63,74)(H,64,71)(H,72,73). The maximum atomic E-state index is 14.5. The maximum absolute atomic E-state index is 14.5. The molecule has 6 N–H and O–H groups in total. The van der Waals surface area contributed by atoms with E-state index in [1.165, 1.54) is 30.5 Å². The number of hydrogen-bond donors (Lipinski definition) is 6. The number of alkyl halides is 8. The van der Waals surface area contributed by atoms with Gasteiger partial charge in [0.2, 0.25) is 5.91 Å². The molecule has 6 rings (SSSR count). The van der Waals surface area contributed by atoms with Gasteiger partial charge in [-0.1, -0.05) is 48.2 Å². The summed E-state index contributed by atoms with van der Waals surface area (Å²) >= 11 is 0. The van der Waals surface area contributed by atoms with Crippen LogP contribution in [-0.4, -0.2) is 155 Å². The number of pyridine rings is 1. The van der Waals surface area contributed by atoms with Crippen LogP contribution in [0.4, 0.5) is 50.5 Å². The maximum Gasteiger partial charge on any atom is 0.407 e. The van der Waals surface area contributed by atoms with Gasteiger partial charge in [0.15, 0.2) is 0 Å². The average molecular weight is 1080 g/mol. The van der Waals surface area contributed by atoms with Crippen LogP contribution in [0, 0.1) is 22.7 Å². The Hall–Kier alpha value is -7.08. The molecular formula is C50H58F8N10O8. The zero-order valence-electron chi connectivity index (χ0n) is 41.9. The number of aliphatic hydroxyl groups excluding tert-OH is 1. The van der Waals surface area contributed by atoms with Gasteiger partial charge in [-0.05, 0) is 75.1 Å². The van der Waals surface area contributed by atoms with E-state index in [1.807, 2.05) is 17.4 Å². The number of rotatable bonds is 19. The summed E-state index contributed by atoms with van der Waals surface area (Å²) in [6.07, 6.45) is -12.0. The van der Waals surface area contributed by atoms with Gasteiger partial charge >= 0.3 is 31.1 Å². The number of anilines is 1. The van der Waals surface area contributed by atoms with Crippen molar-refractivity contribution in [2.45, 2.75) is 89.8 Å². The predicted octanol–water partition coefficient (Wildman–Crippen LogP) is 5.72. The molecule has 18 nitrogen and oxygen atoms in total. The molecule has 26 heteroatoms. The molecule has 2 aromatic carbocycles. The molecule has 2 aliphatic heterocycles. The normalized spacial score (nSPS) is 16.4. The van der Waals surface area contributed by atoms with E-state index in [-0.39, 0.29) is 17.5 Å². The molecule has 76 heavy (non-hydrogen) atoms. The highest BCUT2D eigenvalue weighted by molar-refractivity contribution is 5.87. The lowest BCUT2D eigenvalue weighted by Gasteiger charge is -2.42. The first-order valence-corrected chi connectivity index (χ1v) is 23.7. The average Bonchev–Trinajstić information content (AvgIpc) is 3.85. The summed E-state index contributed by atoms with van der Waals surface area (Å²) < 4.78 is 123. The van der Waals surface area contributed by atoms with E-state index in [9.17, 15) is 64.5 Å². The number of nitrogens with zero attached hydrogens (tertiary/aromatic N) is 6. The number of aromatic nitrogens is 3. The molecule has 0 radical (unpaired) electrons.